The maximum atomic E-state index is 12.7. The zero-order valence-electron chi connectivity index (χ0n) is 32.7. The number of hydrogen-bond donors (Lipinski definition) is 0. The number of hydrogen-bond acceptors (Lipinski definition) is 3. The van der Waals surface area contributed by atoms with Crippen molar-refractivity contribution in [3.8, 4) is 11.5 Å². The van der Waals surface area contributed by atoms with Gasteiger partial charge in [0.15, 0.2) is 5.78 Å². The second kappa shape index (κ2) is 32.4. The molecular formula is C47H76O3. The second-order valence-electron chi connectivity index (χ2n) is 14.7. The van der Waals surface area contributed by atoms with Crippen LogP contribution in [0.15, 0.2) is 54.6 Å². The molecule has 0 atom stereocenters. The average molecular weight is 689 g/mol. The lowest BCUT2D eigenvalue weighted by molar-refractivity contribution is 0.104. The highest BCUT2D eigenvalue weighted by Crippen LogP contribution is 2.18. The smallest absolute Gasteiger partial charge is 0.185 e. The zero-order chi connectivity index (χ0) is 35.6. The fourth-order valence-corrected chi connectivity index (χ4v) is 6.63. The summed E-state index contributed by atoms with van der Waals surface area (Å²) >= 11 is 0. The third-order valence-electron chi connectivity index (χ3n) is 9.98. The summed E-state index contributed by atoms with van der Waals surface area (Å²) < 4.78 is 11.9. The number of rotatable bonds is 35. The van der Waals surface area contributed by atoms with E-state index in [-0.39, 0.29) is 5.78 Å². The number of ether oxygens (including phenoxy) is 2. The van der Waals surface area contributed by atoms with Gasteiger partial charge in [-0.3, -0.25) is 4.79 Å². The highest BCUT2D eigenvalue weighted by Gasteiger charge is 2.03. The summed E-state index contributed by atoms with van der Waals surface area (Å²) in [5.74, 6) is 1.74. The lowest BCUT2D eigenvalue weighted by Gasteiger charge is -2.07. The fraction of sp³-hybridized carbons (Fsp3) is 0.681. The van der Waals surface area contributed by atoms with E-state index in [1.807, 2.05) is 54.6 Å². The topological polar surface area (TPSA) is 35.5 Å². The molecule has 2 rings (SSSR count). The van der Waals surface area contributed by atoms with Crippen molar-refractivity contribution in [1.29, 1.82) is 0 Å². The van der Waals surface area contributed by atoms with Gasteiger partial charge < -0.3 is 9.47 Å². The van der Waals surface area contributed by atoms with Crippen molar-refractivity contribution in [2.24, 2.45) is 0 Å². The van der Waals surface area contributed by atoms with Crippen molar-refractivity contribution < 1.29 is 14.3 Å². The Balaban J connectivity index is 1.45. The molecule has 0 N–H and O–H groups in total. The predicted octanol–water partition coefficient (Wildman–Crippen LogP) is 15.3. The summed E-state index contributed by atoms with van der Waals surface area (Å²) in [7, 11) is 0. The Morgan fingerprint density at radius 2 is 0.720 bits per heavy atom. The Morgan fingerprint density at radius 3 is 1.06 bits per heavy atom. The Labute approximate surface area is 309 Å². The van der Waals surface area contributed by atoms with Gasteiger partial charge in [0.25, 0.3) is 0 Å². The summed E-state index contributed by atoms with van der Waals surface area (Å²) in [5.41, 5.74) is 1.67. The Kier molecular flexibility index (Phi) is 28.2. The molecule has 0 bridgehead atoms. The molecule has 0 saturated carbocycles. The van der Waals surface area contributed by atoms with Crippen molar-refractivity contribution >= 4 is 11.9 Å². The SMILES string of the molecule is CCCCCCCCCCCCCCCCOc1ccc(/C=C/C(=O)c2ccc(OCCCCCCCCCCCCCCCC)cc2)cc1. The van der Waals surface area contributed by atoms with Gasteiger partial charge in [-0.1, -0.05) is 199 Å². The van der Waals surface area contributed by atoms with E-state index in [1.54, 1.807) is 6.08 Å². The van der Waals surface area contributed by atoms with Crippen LogP contribution in [0.1, 0.15) is 210 Å². The van der Waals surface area contributed by atoms with Crippen LogP contribution >= 0.6 is 0 Å². The maximum absolute atomic E-state index is 12.7. The van der Waals surface area contributed by atoms with E-state index >= 15 is 0 Å². The van der Waals surface area contributed by atoms with Crippen LogP contribution in [-0.4, -0.2) is 19.0 Å². The minimum absolute atomic E-state index is 0.00153. The molecule has 0 heterocycles. The van der Waals surface area contributed by atoms with Gasteiger partial charge in [-0.15, -0.1) is 0 Å². The van der Waals surface area contributed by atoms with Gasteiger partial charge in [0.2, 0.25) is 0 Å². The molecule has 0 unspecified atom stereocenters. The summed E-state index contributed by atoms with van der Waals surface area (Å²) in [6, 6.07) is 15.6. The molecule has 0 fully saturated rings. The van der Waals surface area contributed by atoms with Crippen molar-refractivity contribution in [2.45, 2.75) is 194 Å². The Hall–Kier alpha value is -2.55. The largest absolute Gasteiger partial charge is 0.494 e. The molecule has 0 amide bonds. The van der Waals surface area contributed by atoms with Crippen LogP contribution < -0.4 is 9.47 Å². The van der Waals surface area contributed by atoms with Crippen LogP contribution in [0.5, 0.6) is 11.5 Å². The maximum Gasteiger partial charge on any atom is 0.185 e. The average Bonchev–Trinajstić information content (AvgIpc) is 3.14. The van der Waals surface area contributed by atoms with Crippen LogP contribution in [0.25, 0.3) is 6.08 Å². The number of unbranched alkanes of at least 4 members (excludes halogenated alkanes) is 26. The monoisotopic (exact) mass is 689 g/mol. The molecule has 0 aliphatic carbocycles. The van der Waals surface area contributed by atoms with E-state index in [2.05, 4.69) is 13.8 Å². The first kappa shape index (κ1) is 43.6. The van der Waals surface area contributed by atoms with E-state index in [0.717, 1.165) is 43.1 Å². The van der Waals surface area contributed by atoms with E-state index < -0.39 is 0 Å². The van der Waals surface area contributed by atoms with Crippen LogP contribution in [0.4, 0.5) is 0 Å². The number of carbonyl (C=O) groups is 1. The number of ketones is 1. The molecule has 3 nitrogen and oxygen atoms in total. The first-order chi connectivity index (χ1) is 24.7. The Bertz CT molecular complexity index is 1050. The van der Waals surface area contributed by atoms with Crippen molar-refractivity contribution in [1.82, 2.24) is 0 Å². The van der Waals surface area contributed by atoms with E-state index in [9.17, 15) is 4.79 Å². The first-order valence-corrected chi connectivity index (χ1v) is 21.4. The molecule has 2 aromatic rings. The highest BCUT2D eigenvalue weighted by molar-refractivity contribution is 6.06. The number of benzene rings is 2. The standard InChI is InChI=1S/C47H76O3/c1-3-5-7-9-11-13-15-17-19-21-23-25-27-29-41-49-45-36-31-43(32-37-45)33-40-47(48)44-34-38-46(39-35-44)50-42-30-28-26-24-22-20-18-16-14-12-10-8-6-4-2/h31-40H,3-30,41-42H2,1-2H3/b40-33+. The molecule has 3 heteroatoms. The number of carbonyl (C=O) groups excluding carboxylic acids is 1. The van der Waals surface area contributed by atoms with Crippen molar-refractivity contribution in [3.63, 3.8) is 0 Å². The minimum atomic E-state index is 0.00153. The molecule has 0 radical (unpaired) electrons. The third kappa shape index (κ3) is 24.6. The van der Waals surface area contributed by atoms with Gasteiger partial charge in [0, 0.05) is 5.56 Å². The zero-order valence-corrected chi connectivity index (χ0v) is 32.7. The first-order valence-electron chi connectivity index (χ1n) is 21.4. The molecule has 282 valence electrons. The lowest BCUT2D eigenvalue weighted by Crippen LogP contribution is -1.99. The molecule has 0 aliphatic rings. The highest BCUT2D eigenvalue weighted by atomic mass is 16.5. The van der Waals surface area contributed by atoms with Crippen molar-refractivity contribution in [3.05, 3.63) is 65.7 Å². The van der Waals surface area contributed by atoms with Gasteiger partial charge in [0.1, 0.15) is 11.5 Å². The number of allylic oxidation sites excluding steroid dienone is 1. The molecule has 0 spiro atoms. The van der Waals surface area contributed by atoms with E-state index in [4.69, 9.17) is 9.47 Å². The normalized spacial score (nSPS) is 11.4. The van der Waals surface area contributed by atoms with Crippen LogP contribution in [-0.2, 0) is 0 Å². The molecular weight excluding hydrogens is 613 g/mol. The van der Waals surface area contributed by atoms with Crippen molar-refractivity contribution in [2.75, 3.05) is 13.2 Å². The van der Waals surface area contributed by atoms with Crippen LogP contribution in [0.3, 0.4) is 0 Å². The predicted molar refractivity (Wildman–Crippen MR) is 218 cm³/mol. The Morgan fingerprint density at radius 1 is 0.420 bits per heavy atom. The van der Waals surface area contributed by atoms with E-state index in [0.29, 0.717) is 5.56 Å². The van der Waals surface area contributed by atoms with Gasteiger partial charge >= 0.3 is 0 Å². The summed E-state index contributed by atoms with van der Waals surface area (Å²) in [6.45, 7) is 6.08. The summed E-state index contributed by atoms with van der Waals surface area (Å²) in [5, 5.41) is 0. The second-order valence-corrected chi connectivity index (χ2v) is 14.7. The lowest BCUT2D eigenvalue weighted by atomic mass is 10.0. The summed E-state index contributed by atoms with van der Waals surface area (Å²) in [6.07, 6.45) is 41.7. The molecule has 0 saturated heterocycles. The minimum Gasteiger partial charge on any atom is -0.494 e. The van der Waals surface area contributed by atoms with Gasteiger partial charge in [0.05, 0.1) is 13.2 Å². The molecule has 50 heavy (non-hydrogen) atoms. The molecule has 0 aliphatic heterocycles. The van der Waals surface area contributed by atoms with Gasteiger partial charge in [-0.05, 0) is 60.9 Å². The van der Waals surface area contributed by atoms with Gasteiger partial charge in [-0.25, -0.2) is 0 Å². The summed E-state index contributed by atoms with van der Waals surface area (Å²) in [4.78, 5) is 12.7. The van der Waals surface area contributed by atoms with Crippen LogP contribution in [0.2, 0.25) is 0 Å². The quantitative estimate of drug-likeness (QED) is 0.0411. The van der Waals surface area contributed by atoms with Gasteiger partial charge in [-0.2, -0.15) is 0 Å². The fourth-order valence-electron chi connectivity index (χ4n) is 6.63. The van der Waals surface area contributed by atoms with E-state index in [1.165, 1.54) is 167 Å². The molecule has 2 aromatic carbocycles. The molecule has 0 aromatic heterocycles. The van der Waals surface area contributed by atoms with Crippen LogP contribution in [0, 0.1) is 0 Å². The third-order valence-corrected chi connectivity index (χ3v) is 9.98.